The summed E-state index contributed by atoms with van der Waals surface area (Å²) in [5.41, 5.74) is -0.0400. The Morgan fingerprint density at radius 2 is 1.79 bits per heavy atom. The van der Waals surface area contributed by atoms with Gasteiger partial charge in [0.15, 0.2) is 0 Å². The monoisotopic (exact) mass is 264 g/mol. The van der Waals surface area contributed by atoms with Crippen molar-refractivity contribution in [3.8, 4) is 0 Å². The van der Waals surface area contributed by atoms with Gasteiger partial charge in [-0.3, -0.25) is 4.79 Å². The fourth-order valence-corrected chi connectivity index (χ4v) is 1.73. The van der Waals surface area contributed by atoms with Crippen LogP contribution in [0.25, 0.3) is 0 Å². The van der Waals surface area contributed by atoms with Gasteiger partial charge >= 0.3 is 5.97 Å². The van der Waals surface area contributed by atoms with E-state index >= 15 is 0 Å². The molecule has 1 aromatic carbocycles. The summed E-state index contributed by atoms with van der Waals surface area (Å²) in [6.07, 6.45) is -0.509. The number of hydrogen-bond donors (Lipinski definition) is 1. The standard InChI is InChI=1S/C9H7BrF2O2/c10-4-6-5(3-9(13)14)7(11)1-2-8(6)12/h1-2H,3-4H2,(H,13,14). The van der Waals surface area contributed by atoms with Gasteiger partial charge in [-0.1, -0.05) is 15.9 Å². The maximum Gasteiger partial charge on any atom is 0.307 e. The lowest BCUT2D eigenvalue weighted by molar-refractivity contribution is -0.136. The lowest BCUT2D eigenvalue weighted by atomic mass is 10.0. The molecule has 76 valence electrons. The molecule has 0 amide bonds. The molecular formula is C9H7BrF2O2. The van der Waals surface area contributed by atoms with Gasteiger partial charge in [-0.25, -0.2) is 8.78 Å². The summed E-state index contributed by atoms with van der Waals surface area (Å²) in [6, 6.07) is 1.91. The highest BCUT2D eigenvalue weighted by molar-refractivity contribution is 9.08. The van der Waals surface area contributed by atoms with Gasteiger partial charge in [-0.15, -0.1) is 0 Å². The van der Waals surface area contributed by atoms with Gasteiger partial charge in [-0.05, 0) is 12.1 Å². The number of halogens is 3. The molecule has 0 atom stereocenters. The van der Waals surface area contributed by atoms with Gasteiger partial charge < -0.3 is 5.11 Å². The van der Waals surface area contributed by atoms with E-state index in [0.717, 1.165) is 12.1 Å². The Morgan fingerprint density at radius 1 is 1.29 bits per heavy atom. The van der Waals surface area contributed by atoms with Crippen LogP contribution >= 0.6 is 15.9 Å². The van der Waals surface area contributed by atoms with Crippen LogP contribution in [-0.4, -0.2) is 11.1 Å². The minimum absolute atomic E-state index is 0.0624. The Labute approximate surface area is 87.7 Å². The largest absolute Gasteiger partial charge is 0.481 e. The van der Waals surface area contributed by atoms with E-state index in [1.165, 1.54) is 0 Å². The predicted molar refractivity (Wildman–Crippen MR) is 50.3 cm³/mol. The number of carboxylic acids is 1. The van der Waals surface area contributed by atoms with Gasteiger partial charge in [0.05, 0.1) is 6.42 Å². The average molecular weight is 265 g/mol. The summed E-state index contributed by atoms with van der Waals surface area (Å²) < 4.78 is 26.2. The summed E-state index contributed by atoms with van der Waals surface area (Å²) in [4.78, 5) is 10.4. The number of rotatable bonds is 3. The number of hydrogen-bond acceptors (Lipinski definition) is 1. The molecule has 0 aliphatic heterocycles. The number of alkyl halides is 1. The normalized spacial score (nSPS) is 10.2. The van der Waals surface area contributed by atoms with Crippen molar-refractivity contribution in [3.05, 3.63) is 34.9 Å². The fraction of sp³-hybridized carbons (Fsp3) is 0.222. The molecule has 0 saturated heterocycles. The van der Waals surface area contributed by atoms with E-state index in [1.54, 1.807) is 0 Å². The number of carboxylic acid groups (broad SMARTS) is 1. The van der Waals surface area contributed by atoms with Crippen LogP contribution in [0.1, 0.15) is 11.1 Å². The Balaban J connectivity index is 3.22. The van der Waals surface area contributed by atoms with Crippen molar-refractivity contribution >= 4 is 21.9 Å². The van der Waals surface area contributed by atoms with E-state index in [9.17, 15) is 13.6 Å². The molecule has 1 aromatic rings. The smallest absolute Gasteiger partial charge is 0.307 e. The fourth-order valence-electron chi connectivity index (χ4n) is 1.12. The third-order valence-electron chi connectivity index (χ3n) is 1.78. The van der Waals surface area contributed by atoms with Crippen LogP contribution in [0.2, 0.25) is 0 Å². The Morgan fingerprint density at radius 3 is 2.21 bits per heavy atom. The first kappa shape index (κ1) is 11.1. The number of benzene rings is 1. The van der Waals surface area contributed by atoms with Gasteiger partial charge in [0.2, 0.25) is 0 Å². The lowest BCUT2D eigenvalue weighted by Crippen LogP contribution is -2.07. The van der Waals surface area contributed by atoms with E-state index in [4.69, 9.17) is 5.11 Å². The van der Waals surface area contributed by atoms with E-state index in [0.29, 0.717) is 0 Å². The van der Waals surface area contributed by atoms with Gasteiger partial charge in [-0.2, -0.15) is 0 Å². The quantitative estimate of drug-likeness (QED) is 0.852. The summed E-state index contributed by atoms with van der Waals surface area (Å²) in [5, 5.41) is 8.59. The van der Waals surface area contributed by atoms with Crippen LogP contribution in [0.15, 0.2) is 12.1 Å². The summed E-state index contributed by atoms with van der Waals surface area (Å²) >= 11 is 2.98. The lowest BCUT2D eigenvalue weighted by Gasteiger charge is -2.07. The highest BCUT2D eigenvalue weighted by atomic mass is 79.9. The number of carbonyl (C=O) groups is 1. The molecule has 14 heavy (non-hydrogen) atoms. The zero-order chi connectivity index (χ0) is 10.7. The van der Waals surface area contributed by atoms with E-state index in [1.807, 2.05) is 0 Å². The van der Waals surface area contributed by atoms with Gasteiger partial charge in [0.1, 0.15) is 11.6 Å². The first-order valence-corrected chi connectivity index (χ1v) is 4.92. The molecule has 0 unspecified atom stereocenters. The Kier molecular flexibility index (Phi) is 3.57. The van der Waals surface area contributed by atoms with Crippen LogP contribution in [0.4, 0.5) is 8.78 Å². The summed E-state index contributed by atoms with van der Waals surface area (Å²) in [5.74, 6) is -2.47. The van der Waals surface area contributed by atoms with Crippen molar-refractivity contribution < 1.29 is 18.7 Å². The Hall–Kier alpha value is -0.970. The highest BCUT2D eigenvalue weighted by Crippen LogP contribution is 2.20. The van der Waals surface area contributed by atoms with E-state index in [-0.39, 0.29) is 16.5 Å². The molecule has 0 aliphatic rings. The molecule has 1 rings (SSSR count). The van der Waals surface area contributed by atoms with Crippen LogP contribution in [0.5, 0.6) is 0 Å². The third kappa shape index (κ3) is 2.29. The molecule has 5 heteroatoms. The molecule has 0 aromatic heterocycles. The first-order chi connectivity index (χ1) is 6.56. The summed E-state index contributed by atoms with van der Waals surface area (Å²) in [6.45, 7) is 0. The second-order valence-electron chi connectivity index (χ2n) is 2.69. The maximum atomic E-state index is 13.1. The Bertz CT molecular complexity index is 366. The van der Waals surface area contributed by atoms with E-state index < -0.39 is 24.0 Å². The SMILES string of the molecule is O=C(O)Cc1c(F)ccc(F)c1CBr. The molecule has 0 saturated carbocycles. The third-order valence-corrected chi connectivity index (χ3v) is 2.34. The van der Waals surface area contributed by atoms with Crippen molar-refractivity contribution in [2.75, 3.05) is 0 Å². The van der Waals surface area contributed by atoms with Crippen LogP contribution < -0.4 is 0 Å². The second kappa shape index (κ2) is 4.50. The molecule has 0 fully saturated rings. The van der Waals surface area contributed by atoms with Crippen molar-refractivity contribution in [1.82, 2.24) is 0 Å². The van der Waals surface area contributed by atoms with Gasteiger partial charge in [0, 0.05) is 16.5 Å². The topological polar surface area (TPSA) is 37.3 Å². The van der Waals surface area contributed by atoms with Crippen molar-refractivity contribution in [2.24, 2.45) is 0 Å². The average Bonchev–Trinajstić information content (AvgIpc) is 2.11. The zero-order valence-corrected chi connectivity index (χ0v) is 8.64. The predicted octanol–water partition coefficient (Wildman–Crippen LogP) is 2.49. The van der Waals surface area contributed by atoms with Crippen molar-refractivity contribution in [1.29, 1.82) is 0 Å². The minimum Gasteiger partial charge on any atom is -0.481 e. The van der Waals surface area contributed by atoms with Crippen LogP contribution in [0.3, 0.4) is 0 Å². The van der Waals surface area contributed by atoms with Gasteiger partial charge in [0.25, 0.3) is 0 Å². The molecule has 0 heterocycles. The zero-order valence-electron chi connectivity index (χ0n) is 7.06. The summed E-state index contributed by atoms with van der Waals surface area (Å²) in [7, 11) is 0. The maximum absolute atomic E-state index is 13.1. The molecule has 0 spiro atoms. The minimum atomic E-state index is -1.18. The molecule has 0 bridgehead atoms. The molecule has 2 nitrogen and oxygen atoms in total. The highest BCUT2D eigenvalue weighted by Gasteiger charge is 2.15. The molecular weight excluding hydrogens is 258 g/mol. The van der Waals surface area contributed by atoms with Crippen LogP contribution in [0, 0.1) is 11.6 Å². The second-order valence-corrected chi connectivity index (χ2v) is 3.25. The molecule has 0 radical (unpaired) electrons. The van der Waals surface area contributed by atoms with Crippen molar-refractivity contribution in [2.45, 2.75) is 11.8 Å². The van der Waals surface area contributed by atoms with Crippen molar-refractivity contribution in [3.63, 3.8) is 0 Å². The number of aliphatic carboxylic acids is 1. The molecule has 1 N–H and O–H groups in total. The van der Waals surface area contributed by atoms with E-state index in [2.05, 4.69) is 15.9 Å². The first-order valence-electron chi connectivity index (χ1n) is 3.79. The molecule has 0 aliphatic carbocycles. The van der Waals surface area contributed by atoms with Crippen LogP contribution in [-0.2, 0) is 16.5 Å².